The number of aliphatic hydroxyl groups is 1. The first-order valence-corrected chi connectivity index (χ1v) is 23.2. The van der Waals surface area contributed by atoms with Crippen molar-refractivity contribution < 1.29 is 22.7 Å². The van der Waals surface area contributed by atoms with Gasteiger partial charge in [-0.2, -0.15) is 0 Å². The van der Waals surface area contributed by atoms with Crippen molar-refractivity contribution in [1.82, 2.24) is 10.2 Å². The summed E-state index contributed by atoms with van der Waals surface area (Å²) < 4.78 is 38.7. The summed E-state index contributed by atoms with van der Waals surface area (Å²) in [6.45, 7) is 19.5. The fourth-order valence-corrected chi connectivity index (χ4v) is 15.0. The number of carbonyl (C=O) groups is 1. The molecule has 7 unspecified atom stereocenters. The Balaban J connectivity index is 0.00000103. The predicted molar refractivity (Wildman–Crippen MR) is 217 cm³/mol. The van der Waals surface area contributed by atoms with Crippen molar-refractivity contribution in [1.29, 1.82) is 0 Å². The van der Waals surface area contributed by atoms with Crippen LogP contribution in [-0.4, -0.2) is 80.7 Å². The quantitative estimate of drug-likeness (QED) is 0.199. The zero-order valence-electron chi connectivity index (χ0n) is 34.5. The van der Waals surface area contributed by atoms with E-state index in [2.05, 4.69) is 56.6 Å². The number of halogens is 1. The third-order valence-corrected chi connectivity index (χ3v) is 18.2. The summed E-state index contributed by atoms with van der Waals surface area (Å²) in [4.78, 5) is 13.8. The van der Waals surface area contributed by atoms with Gasteiger partial charge in [0.05, 0.1) is 5.25 Å². The van der Waals surface area contributed by atoms with E-state index in [1.165, 1.54) is 75.2 Å². The summed E-state index contributed by atoms with van der Waals surface area (Å²) in [5, 5.41) is 11.1. The molecule has 7 rings (SSSR count). The maximum Gasteiger partial charge on any atom is 0.166 e. The van der Waals surface area contributed by atoms with E-state index in [9.17, 15) is 17.6 Å². The number of fused-ring (bicyclic) bond motifs is 7. The number of hydrogen-bond donors (Lipinski definition) is 2. The minimum absolute atomic E-state index is 0.101. The molecule has 0 radical (unpaired) electrons. The number of rotatable bonds is 7. The third kappa shape index (κ3) is 8.24. The maximum absolute atomic E-state index is 14.6. The summed E-state index contributed by atoms with van der Waals surface area (Å²) >= 11 is 0. The third-order valence-electron chi connectivity index (χ3n) is 16.5. The van der Waals surface area contributed by atoms with Gasteiger partial charge in [-0.05, 0) is 168 Å². The van der Waals surface area contributed by atoms with E-state index >= 15 is 0 Å². The molecular weight excluding hydrogens is 684 g/mol. The Morgan fingerprint density at radius 3 is 2.19 bits per heavy atom. The Morgan fingerprint density at radius 1 is 0.906 bits per heavy atom. The summed E-state index contributed by atoms with van der Waals surface area (Å²) in [6, 6.07) is 0. The molecule has 0 aromatic carbocycles. The lowest BCUT2D eigenvalue weighted by Gasteiger charge is -2.68. The number of sulfone groups is 1. The van der Waals surface area contributed by atoms with E-state index in [1.807, 2.05) is 6.92 Å². The molecular formula is C45H75FN2O4S. The molecule has 0 bridgehead atoms. The second-order valence-electron chi connectivity index (χ2n) is 19.4. The van der Waals surface area contributed by atoms with Crippen molar-refractivity contribution in [2.75, 3.05) is 39.5 Å². The highest BCUT2D eigenvalue weighted by molar-refractivity contribution is 7.91. The van der Waals surface area contributed by atoms with Crippen LogP contribution in [0.15, 0.2) is 36.0 Å². The minimum Gasteiger partial charge on any atom is -0.400 e. The highest BCUT2D eigenvalue weighted by Gasteiger charge is 2.65. The molecule has 6 aliphatic carbocycles. The number of aliphatic hydroxyl groups excluding tert-OH is 1. The second-order valence-corrected chi connectivity index (χ2v) is 21.8. The Kier molecular flexibility index (Phi) is 13.4. The molecule has 5 saturated carbocycles. The van der Waals surface area contributed by atoms with Crippen molar-refractivity contribution in [3.8, 4) is 0 Å². The molecule has 0 aromatic heterocycles. The number of aldehydes is 1. The molecule has 8 atom stereocenters. The average Bonchev–Trinajstić information content (AvgIpc) is 3.56. The fraction of sp³-hybridized carbons (Fsp3) is 0.844. The summed E-state index contributed by atoms with van der Waals surface area (Å²) in [5.41, 5.74) is 2.32. The second kappa shape index (κ2) is 16.6. The van der Waals surface area contributed by atoms with Gasteiger partial charge in [0, 0.05) is 32.0 Å². The number of piperidine rings is 1. The van der Waals surface area contributed by atoms with Gasteiger partial charge in [0.25, 0.3) is 0 Å². The van der Waals surface area contributed by atoms with E-state index in [-0.39, 0.29) is 10.7 Å². The van der Waals surface area contributed by atoms with E-state index in [0.29, 0.717) is 54.3 Å². The summed E-state index contributed by atoms with van der Waals surface area (Å²) in [7, 11) is -1.92. The highest BCUT2D eigenvalue weighted by Crippen LogP contribution is 2.72. The zero-order valence-corrected chi connectivity index (χ0v) is 35.3. The van der Waals surface area contributed by atoms with Gasteiger partial charge in [-0.3, -0.25) is 4.79 Å². The van der Waals surface area contributed by atoms with Crippen LogP contribution >= 0.6 is 0 Å². The van der Waals surface area contributed by atoms with Gasteiger partial charge in [-0.25, -0.2) is 12.8 Å². The normalized spacial score (nSPS) is 41.0. The lowest BCUT2D eigenvalue weighted by molar-refractivity contribution is -0.175. The molecule has 0 spiro atoms. The van der Waals surface area contributed by atoms with Crippen LogP contribution < -0.4 is 5.32 Å². The van der Waals surface area contributed by atoms with Crippen LogP contribution in [0.4, 0.5) is 4.39 Å². The van der Waals surface area contributed by atoms with E-state index < -0.39 is 15.5 Å². The Hall–Kier alpha value is -1.35. The van der Waals surface area contributed by atoms with Gasteiger partial charge in [-0.1, -0.05) is 57.9 Å². The van der Waals surface area contributed by atoms with Crippen LogP contribution in [0.1, 0.15) is 137 Å². The Morgan fingerprint density at radius 2 is 1.57 bits per heavy atom. The zero-order chi connectivity index (χ0) is 38.9. The number of allylic oxidation sites excluding steroid dienone is 5. The maximum atomic E-state index is 14.6. The van der Waals surface area contributed by atoms with Crippen molar-refractivity contribution in [2.45, 2.75) is 154 Å². The first kappa shape index (κ1) is 42.8. The fourth-order valence-electron chi connectivity index (χ4n) is 13.9. The number of likely N-dealkylation sites (tertiary alicyclic amines) is 1. The first-order chi connectivity index (χ1) is 25.0. The van der Waals surface area contributed by atoms with Gasteiger partial charge < -0.3 is 15.3 Å². The summed E-state index contributed by atoms with van der Waals surface area (Å²) in [5.74, 6) is 3.90. The SMILES string of the molecule is C=CC.CC1(C)C(C=C2CCC(F)(C=O)CC2)=CCC2(C)C1CCC1(C)C3CCC4(NCCN5CCC(S(C)(=O)=O)CC5)CCC[C@@H]4C3CCC12.CO. The lowest BCUT2D eigenvalue weighted by atomic mass is 9.37. The molecule has 1 heterocycles. The molecule has 6 fully saturated rings. The number of carbonyl (C=O) groups excluding carboxylic acids is 1. The lowest BCUT2D eigenvalue weighted by Crippen LogP contribution is -2.63. The predicted octanol–water partition coefficient (Wildman–Crippen LogP) is 9.05. The number of nitrogens with zero attached hydrogens (tertiary/aromatic N) is 1. The standard InChI is InChI=1S/C41H65FN2O3S.C3H6.CH4O/c1-37(2)30(27-29-10-20-40(42,28-45)21-11-29)12-18-39(4)35(37)14-19-38(3)33-13-22-41(17-6-7-34(41)32(33)8-9-36(38)39)43-23-26-44-24-15-31(16-25-44)48(5,46)47;1-3-2;1-2/h12,27-28,31-36,43H,6-11,13-26H2,1-5H3;3H,1H2,2H3;2H,1H3/t32?,33?,34-,35?,36?,38?,39?,40?,41?;;/m1../s1. The molecule has 1 saturated heterocycles. The van der Waals surface area contributed by atoms with Crippen LogP contribution in [-0.2, 0) is 14.6 Å². The molecule has 1 aliphatic heterocycles. The van der Waals surface area contributed by atoms with Gasteiger partial charge in [0.15, 0.2) is 12.0 Å². The Labute approximate surface area is 323 Å². The van der Waals surface area contributed by atoms with Gasteiger partial charge in [0.1, 0.15) is 9.84 Å². The monoisotopic (exact) mass is 759 g/mol. The van der Waals surface area contributed by atoms with Gasteiger partial charge in [-0.15, -0.1) is 6.58 Å². The largest absolute Gasteiger partial charge is 0.400 e. The number of nitrogens with one attached hydrogen (secondary N) is 1. The molecule has 0 aromatic rings. The molecule has 2 N–H and O–H groups in total. The smallest absolute Gasteiger partial charge is 0.166 e. The minimum atomic E-state index is -2.92. The average molecular weight is 759 g/mol. The van der Waals surface area contributed by atoms with E-state index in [4.69, 9.17) is 5.11 Å². The van der Waals surface area contributed by atoms with E-state index in [0.717, 1.165) is 76.2 Å². The molecule has 6 nitrogen and oxygen atoms in total. The van der Waals surface area contributed by atoms with Gasteiger partial charge in [0.2, 0.25) is 0 Å². The van der Waals surface area contributed by atoms with Crippen LogP contribution in [0.2, 0.25) is 0 Å². The molecule has 7 aliphatic rings. The topological polar surface area (TPSA) is 86.7 Å². The van der Waals surface area contributed by atoms with Gasteiger partial charge >= 0.3 is 0 Å². The van der Waals surface area contributed by atoms with Crippen LogP contribution in [0.25, 0.3) is 0 Å². The van der Waals surface area contributed by atoms with Crippen molar-refractivity contribution in [2.24, 2.45) is 45.8 Å². The summed E-state index contributed by atoms with van der Waals surface area (Å²) in [6.07, 6.45) is 25.7. The number of hydrogen-bond acceptors (Lipinski definition) is 6. The first-order valence-electron chi connectivity index (χ1n) is 21.3. The van der Waals surface area contributed by atoms with Crippen LogP contribution in [0.5, 0.6) is 0 Å². The van der Waals surface area contributed by atoms with Crippen molar-refractivity contribution >= 4 is 16.1 Å². The van der Waals surface area contributed by atoms with Crippen LogP contribution in [0.3, 0.4) is 0 Å². The Bertz CT molecular complexity index is 1460. The molecule has 8 heteroatoms. The highest BCUT2D eigenvalue weighted by atomic mass is 32.2. The molecule has 53 heavy (non-hydrogen) atoms. The van der Waals surface area contributed by atoms with Crippen LogP contribution in [0, 0.1) is 45.8 Å². The number of alkyl halides is 1. The van der Waals surface area contributed by atoms with Crippen molar-refractivity contribution in [3.05, 3.63) is 36.0 Å². The molecule has 0 amide bonds. The van der Waals surface area contributed by atoms with E-state index in [1.54, 1.807) is 6.08 Å². The molecule has 302 valence electrons. The van der Waals surface area contributed by atoms with Crippen molar-refractivity contribution in [3.63, 3.8) is 0 Å².